The summed E-state index contributed by atoms with van der Waals surface area (Å²) in [6.07, 6.45) is -1.06. The molecule has 0 saturated carbocycles. The lowest BCUT2D eigenvalue weighted by atomic mass is 10.0. The first-order valence-electron chi connectivity index (χ1n) is 5.50. The quantitative estimate of drug-likeness (QED) is 0.840. The van der Waals surface area contributed by atoms with E-state index in [-0.39, 0.29) is 11.3 Å². The molecule has 0 heterocycles. The van der Waals surface area contributed by atoms with Crippen LogP contribution in [0.1, 0.15) is 17.2 Å². The van der Waals surface area contributed by atoms with Crippen LogP contribution in [-0.2, 0) is 0 Å². The summed E-state index contributed by atoms with van der Waals surface area (Å²) < 4.78 is 20.6. The van der Waals surface area contributed by atoms with Crippen molar-refractivity contribution in [3.8, 4) is 5.75 Å². The fourth-order valence-corrected chi connectivity index (χ4v) is 3.05. The van der Waals surface area contributed by atoms with Crippen LogP contribution in [0, 0.1) is 5.82 Å². The summed E-state index contributed by atoms with van der Waals surface area (Å²) in [4.78, 5) is 0. The van der Waals surface area contributed by atoms with Gasteiger partial charge in [-0.2, -0.15) is 0 Å². The number of benzene rings is 2. The van der Waals surface area contributed by atoms with Crippen LogP contribution in [0.25, 0.3) is 0 Å². The largest absolute Gasteiger partial charge is 0.494 e. The van der Waals surface area contributed by atoms with E-state index >= 15 is 0 Å². The molecule has 0 aromatic heterocycles. The van der Waals surface area contributed by atoms with Gasteiger partial charge >= 0.3 is 0 Å². The molecule has 0 saturated heterocycles. The highest BCUT2D eigenvalue weighted by molar-refractivity contribution is 9.11. The molecule has 100 valence electrons. The van der Waals surface area contributed by atoms with Crippen molar-refractivity contribution in [1.29, 1.82) is 0 Å². The van der Waals surface area contributed by atoms with Gasteiger partial charge in [-0.25, -0.2) is 4.39 Å². The Morgan fingerprint density at radius 2 is 1.89 bits per heavy atom. The fraction of sp³-hybridized carbons (Fsp3) is 0.143. The van der Waals surface area contributed by atoms with Gasteiger partial charge in [-0.05, 0) is 23.8 Å². The number of methoxy groups -OCH3 is 1. The van der Waals surface area contributed by atoms with E-state index in [9.17, 15) is 9.50 Å². The number of rotatable bonds is 3. The van der Waals surface area contributed by atoms with Crippen molar-refractivity contribution < 1.29 is 14.2 Å². The molecule has 2 rings (SSSR count). The monoisotopic (exact) mass is 388 g/mol. The van der Waals surface area contributed by atoms with Gasteiger partial charge in [0.15, 0.2) is 11.6 Å². The predicted molar refractivity (Wildman–Crippen MR) is 78.9 cm³/mol. The number of hydrogen-bond donors (Lipinski definition) is 1. The molecule has 0 aliphatic heterocycles. The van der Waals surface area contributed by atoms with Crippen molar-refractivity contribution >= 4 is 31.9 Å². The first-order valence-corrected chi connectivity index (χ1v) is 7.08. The summed E-state index contributed by atoms with van der Waals surface area (Å²) >= 11 is 6.69. The molecular formula is C14H11Br2FO2. The average Bonchev–Trinajstić information content (AvgIpc) is 2.38. The molecule has 0 aliphatic carbocycles. The lowest BCUT2D eigenvalue weighted by molar-refractivity contribution is 0.212. The van der Waals surface area contributed by atoms with Crippen LogP contribution in [0.5, 0.6) is 5.75 Å². The highest BCUT2D eigenvalue weighted by Gasteiger charge is 2.19. The maximum absolute atomic E-state index is 14.1. The molecule has 0 amide bonds. The second-order valence-electron chi connectivity index (χ2n) is 3.93. The van der Waals surface area contributed by atoms with Gasteiger partial charge in [0.2, 0.25) is 0 Å². The van der Waals surface area contributed by atoms with Gasteiger partial charge in [-0.1, -0.05) is 50.1 Å². The molecule has 2 aromatic carbocycles. The smallest absolute Gasteiger partial charge is 0.171 e. The van der Waals surface area contributed by atoms with Crippen molar-refractivity contribution in [2.45, 2.75) is 6.10 Å². The Balaban J connectivity index is 2.47. The van der Waals surface area contributed by atoms with E-state index in [4.69, 9.17) is 4.74 Å². The number of halogens is 3. The van der Waals surface area contributed by atoms with E-state index in [2.05, 4.69) is 31.9 Å². The van der Waals surface area contributed by atoms with Crippen LogP contribution < -0.4 is 4.74 Å². The average molecular weight is 390 g/mol. The lowest BCUT2D eigenvalue weighted by Crippen LogP contribution is -2.04. The van der Waals surface area contributed by atoms with Crippen LogP contribution >= 0.6 is 31.9 Å². The van der Waals surface area contributed by atoms with Crippen molar-refractivity contribution in [2.24, 2.45) is 0 Å². The van der Waals surface area contributed by atoms with E-state index in [1.54, 1.807) is 24.3 Å². The Morgan fingerprint density at radius 1 is 1.16 bits per heavy atom. The SMILES string of the molecule is COc1cccc(C(O)c2ccc(Br)cc2Br)c1F. The summed E-state index contributed by atoms with van der Waals surface area (Å²) in [5.74, 6) is -0.433. The van der Waals surface area contributed by atoms with Gasteiger partial charge in [-0.3, -0.25) is 0 Å². The minimum atomic E-state index is -1.06. The van der Waals surface area contributed by atoms with Crippen LogP contribution in [0.2, 0.25) is 0 Å². The fourth-order valence-electron chi connectivity index (χ4n) is 1.79. The molecule has 19 heavy (non-hydrogen) atoms. The van der Waals surface area contributed by atoms with Gasteiger partial charge < -0.3 is 9.84 Å². The lowest BCUT2D eigenvalue weighted by Gasteiger charge is -2.15. The van der Waals surface area contributed by atoms with Gasteiger partial charge in [-0.15, -0.1) is 0 Å². The summed E-state index contributed by atoms with van der Waals surface area (Å²) in [6.45, 7) is 0. The van der Waals surface area contributed by atoms with E-state index in [1.807, 2.05) is 0 Å². The van der Waals surface area contributed by atoms with Crippen molar-refractivity contribution in [3.05, 3.63) is 62.3 Å². The molecule has 2 aromatic rings. The molecule has 0 aliphatic rings. The zero-order chi connectivity index (χ0) is 14.0. The summed E-state index contributed by atoms with van der Waals surface area (Å²) in [6, 6.07) is 10.0. The van der Waals surface area contributed by atoms with Crippen molar-refractivity contribution in [1.82, 2.24) is 0 Å². The molecule has 1 unspecified atom stereocenters. The van der Waals surface area contributed by atoms with Gasteiger partial charge in [0.25, 0.3) is 0 Å². The molecule has 0 radical (unpaired) electrons. The number of hydrogen-bond acceptors (Lipinski definition) is 2. The highest BCUT2D eigenvalue weighted by Crippen LogP contribution is 2.33. The van der Waals surface area contributed by atoms with Gasteiger partial charge in [0.05, 0.1) is 7.11 Å². The van der Waals surface area contributed by atoms with Crippen LogP contribution in [0.4, 0.5) is 4.39 Å². The van der Waals surface area contributed by atoms with Crippen molar-refractivity contribution in [3.63, 3.8) is 0 Å². The molecule has 1 atom stereocenters. The molecule has 0 bridgehead atoms. The first kappa shape index (κ1) is 14.5. The predicted octanol–water partition coefficient (Wildman–Crippen LogP) is 4.44. The second-order valence-corrected chi connectivity index (χ2v) is 5.70. The van der Waals surface area contributed by atoms with Crippen LogP contribution in [0.15, 0.2) is 45.3 Å². The Kier molecular flexibility index (Phi) is 4.60. The van der Waals surface area contributed by atoms with E-state index in [0.29, 0.717) is 10.0 Å². The van der Waals surface area contributed by atoms with Crippen LogP contribution in [0.3, 0.4) is 0 Å². The third-order valence-electron chi connectivity index (χ3n) is 2.76. The zero-order valence-corrected chi connectivity index (χ0v) is 13.2. The standard InChI is InChI=1S/C14H11Br2FO2/c1-19-12-4-2-3-10(13(12)17)14(18)9-6-5-8(15)7-11(9)16/h2-7,14,18H,1H3. The van der Waals surface area contributed by atoms with E-state index < -0.39 is 11.9 Å². The third kappa shape index (κ3) is 2.99. The van der Waals surface area contributed by atoms with Crippen LogP contribution in [-0.4, -0.2) is 12.2 Å². The number of aliphatic hydroxyl groups excluding tert-OH is 1. The Morgan fingerprint density at radius 3 is 2.53 bits per heavy atom. The minimum absolute atomic E-state index is 0.116. The third-order valence-corrected chi connectivity index (χ3v) is 3.94. The molecule has 0 spiro atoms. The first-order chi connectivity index (χ1) is 9.04. The van der Waals surface area contributed by atoms with E-state index in [1.165, 1.54) is 19.2 Å². The number of ether oxygens (including phenoxy) is 1. The summed E-state index contributed by atoms with van der Waals surface area (Å²) in [7, 11) is 1.39. The molecule has 0 fully saturated rings. The normalized spacial score (nSPS) is 12.3. The zero-order valence-electron chi connectivity index (χ0n) is 10.0. The maximum Gasteiger partial charge on any atom is 0.171 e. The number of aliphatic hydroxyl groups is 1. The second kappa shape index (κ2) is 6.03. The Labute approximate surface area is 127 Å². The topological polar surface area (TPSA) is 29.5 Å². The summed E-state index contributed by atoms with van der Waals surface area (Å²) in [5.41, 5.74) is 0.776. The Bertz CT molecular complexity index is 602. The van der Waals surface area contributed by atoms with Gasteiger partial charge in [0.1, 0.15) is 6.10 Å². The Hall–Kier alpha value is -0.910. The van der Waals surface area contributed by atoms with E-state index in [0.717, 1.165) is 4.47 Å². The van der Waals surface area contributed by atoms with Crippen molar-refractivity contribution in [2.75, 3.05) is 7.11 Å². The summed E-state index contributed by atoms with van der Waals surface area (Å²) in [5, 5.41) is 10.3. The highest BCUT2D eigenvalue weighted by atomic mass is 79.9. The van der Waals surface area contributed by atoms with Gasteiger partial charge in [0, 0.05) is 14.5 Å². The molecule has 1 N–H and O–H groups in total. The molecular weight excluding hydrogens is 379 g/mol. The molecule has 2 nitrogen and oxygen atoms in total. The minimum Gasteiger partial charge on any atom is -0.494 e. The molecule has 5 heteroatoms. The maximum atomic E-state index is 14.1.